The highest BCUT2D eigenvalue weighted by Gasteiger charge is 2.29. The Kier molecular flexibility index (Phi) is 6.79. The summed E-state index contributed by atoms with van der Waals surface area (Å²) in [5.74, 6) is 0.954. The number of nitrogens with one attached hydrogen (secondary N) is 1. The summed E-state index contributed by atoms with van der Waals surface area (Å²) < 4.78 is 6.04. The third kappa shape index (κ3) is 5.38. The van der Waals surface area contributed by atoms with Crippen molar-refractivity contribution in [2.24, 2.45) is 5.41 Å². The fourth-order valence-corrected chi connectivity index (χ4v) is 3.95. The van der Waals surface area contributed by atoms with E-state index in [0.29, 0.717) is 0 Å². The van der Waals surface area contributed by atoms with Gasteiger partial charge in [0.05, 0.1) is 18.0 Å². The molecule has 152 valence electrons. The largest absolute Gasteiger partial charge is 0.493 e. The monoisotopic (exact) mass is 382 g/mol. The predicted octanol–water partition coefficient (Wildman–Crippen LogP) is 3.94. The summed E-state index contributed by atoms with van der Waals surface area (Å²) in [6.45, 7) is 12.6. The Hall–Kier alpha value is -2.27. The highest BCUT2D eigenvalue weighted by atomic mass is 16.5. The first kappa shape index (κ1) is 20.5. The van der Waals surface area contributed by atoms with Gasteiger partial charge in [-0.25, -0.2) is 0 Å². The molecule has 0 amide bonds. The number of fused-ring (bicyclic) bond motifs is 1. The van der Waals surface area contributed by atoms with Crippen LogP contribution in [0.5, 0.6) is 5.75 Å². The van der Waals surface area contributed by atoms with Gasteiger partial charge in [-0.2, -0.15) is 0 Å². The van der Waals surface area contributed by atoms with Crippen molar-refractivity contribution in [3.05, 3.63) is 48.3 Å². The second-order valence-electron chi connectivity index (χ2n) is 8.42. The van der Waals surface area contributed by atoms with Gasteiger partial charge < -0.3 is 19.9 Å². The molecule has 1 aromatic carbocycles. The zero-order valence-corrected chi connectivity index (χ0v) is 17.7. The highest BCUT2D eigenvalue weighted by molar-refractivity contribution is 5.74. The molecule has 1 aliphatic heterocycles. The smallest absolute Gasteiger partial charge is 0.121 e. The summed E-state index contributed by atoms with van der Waals surface area (Å²) in [6, 6.07) is 10.6. The molecule has 0 atom stereocenters. The summed E-state index contributed by atoms with van der Waals surface area (Å²) in [6.07, 6.45) is 4.64. The maximum absolute atomic E-state index is 6.04. The molecular formula is C23H34N4O. The van der Waals surface area contributed by atoms with E-state index in [1.807, 2.05) is 24.5 Å². The van der Waals surface area contributed by atoms with Crippen LogP contribution < -0.4 is 19.9 Å². The number of anilines is 2. The molecule has 5 nitrogen and oxygen atoms in total. The summed E-state index contributed by atoms with van der Waals surface area (Å²) in [4.78, 5) is 8.89. The van der Waals surface area contributed by atoms with Crippen molar-refractivity contribution in [2.75, 3.05) is 49.6 Å². The maximum Gasteiger partial charge on any atom is 0.121 e. The molecule has 1 aliphatic rings. The zero-order chi connectivity index (χ0) is 20.0. The Morgan fingerprint density at radius 3 is 2.64 bits per heavy atom. The van der Waals surface area contributed by atoms with Gasteiger partial charge in [-0.15, -0.1) is 0 Å². The van der Waals surface area contributed by atoms with Gasteiger partial charge in [0.15, 0.2) is 0 Å². The van der Waals surface area contributed by atoms with Crippen molar-refractivity contribution in [3.63, 3.8) is 0 Å². The molecular weight excluding hydrogens is 348 g/mol. The second-order valence-corrected chi connectivity index (χ2v) is 8.42. The van der Waals surface area contributed by atoms with E-state index >= 15 is 0 Å². The first-order valence-corrected chi connectivity index (χ1v) is 10.3. The van der Waals surface area contributed by atoms with Crippen LogP contribution in [0, 0.1) is 5.41 Å². The molecule has 0 spiro atoms. The lowest BCUT2D eigenvalue weighted by atomic mass is 9.92. The Bertz CT molecular complexity index is 748. The van der Waals surface area contributed by atoms with Crippen molar-refractivity contribution < 1.29 is 4.74 Å². The minimum Gasteiger partial charge on any atom is -0.493 e. The maximum atomic E-state index is 6.04. The van der Waals surface area contributed by atoms with Crippen LogP contribution in [0.4, 0.5) is 11.4 Å². The highest BCUT2D eigenvalue weighted by Crippen LogP contribution is 2.38. The number of hydrogen-bond donors (Lipinski definition) is 1. The van der Waals surface area contributed by atoms with Gasteiger partial charge in [0.1, 0.15) is 5.75 Å². The second kappa shape index (κ2) is 9.28. The summed E-state index contributed by atoms with van der Waals surface area (Å²) in [7, 11) is 2.19. The van der Waals surface area contributed by atoms with Gasteiger partial charge >= 0.3 is 0 Å². The van der Waals surface area contributed by atoms with Crippen LogP contribution in [0.15, 0.2) is 42.7 Å². The molecule has 0 radical (unpaired) electrons. The molecule has 0 fully saturated rings. The Morgan fingerprint density at radius 2 is 1.89 bits per heavy atom. The molecule has 1 N–H and O–H groups in total. The van der Waals surface area contributed by atoms with Crippen molar-refractivity contribution in [3.8, 4) is 5.75 Å². The average molecular weight is 383 g/mol. The standard InChI is InChI=1S/C23H34N4O/c1-5-27-18-23(2,3)17-26(4)22-15-20(7-8-21(22)27)28-14-6-11-25-16-19-9-12-24-13-10-19/h7-10,12-13,15,25H,5-6,11,14,16-18H2,1-4H3. The molecule has 3 rings (SSSR count). The van der Waals surface area contributed by atoms with Crippen molar-refractivity contribution in [2.45, 2.75) is 33.7 Å². The molecule has 5 heteroatoms. The summed E-state index contributed by atoms with van der Waals surface area (Å²) >= 11 is 0. The number of benzene rings is 1. The van der Waals surface area contributed by atoms with E-state index in [0.717, 1.165) is 51.5 Å². The molecule has 0 saturated carbocycles. The number of nitrogens with zero attached hydrogens (tertiary/aromatic N) is 3. The lowest BCUT2D eigenvalue weighted by Crippen LogP contribution is -2.37. The van der Waals surface area contributed by atoms with E-state index < -0.39 is 0 Å². The molecule has 0 saturated heterocycles. The Labute approximate surface area is 169 Å². The average Bonchev–Trinajstić information content (AvgIpc) is 2.78. The Balaban J connectivity index is 1.52. The molecule has 1 aromatic heterocycles. The van der Waals surface area contributed by atoms with Gasteiger partial charge in [0.25, 0.3) is 0 Å². The van der Waals surface area contributed by atoms with Crippen LogP contribution in [0.25, 0.3) is 0 Å². The molecule has 2 heterocycles. The number of pyridine rings is 1. The van der Waals surface area contributed by atoms with Crippen molar-refractivity contribution >= 4 is 11.4 Å². The van der Waals surface area contributed by atoms with Crippen LogP contribution in [-0.2, 0) is 6.54 Å². The topological polar surface area (TPSA) is 40.6 Å². The van der Waals surface area contributed by atoms with E-state index in [2.05, 4.69) is 66.1 Å². The van der Waals surface area contributed by atoms with Crippen LogP contribution in [0.1, 0.15) is 32.8 Å². The number of hydrogen-bond acceptors (Lipinski definition) is 5. The van der Waals surface area contributed by atoms with Crippen molar-refractivity contribution in [1.82, 2.24) is 10.3 Å². The summed E-state index contributed by atoms with van der Waals surface area (Å²) in [5, 5.41) is 3.45. The lowest BCUT2D eigenvalue weighted by Gasteiger charge is -2.30. The van der Waals surface area contributed by atoms with Crippen LogP contribution >= 0.6 is 0 Å². The van der Waals surface area contributed by atoms with Gasteiger partial charge in [0, 0.05) is 51.7 Å². The van der Waals surface area contributed by atoms with E-state index in [9.17, 15) is 0 Å². The van der Waals surface area contributed by atoms with Crippen LogP contribution in [-0.4, -0.2) is 44.8 Å². The SMILES string of the molecule is CCN1CC(C)(C)CN(C)c2cc(OCCCNCc3ccncc3)ccc21. The lowest BCUT2D eigenvalue weighted by molar-refractivity contribution is 0.308. The van der Waals surface area contributed by atoms with E-state index in [1.54, 1.807) is 0 Å². The molecule has 0 bridgehead atoms. The zero-order valence-electron chi connectivity index (χ0n) is 17.7. The normalized spacial score (nSPS) is 15.9. The summed E-state index contributed by atoms with van der Waals surface area (Å²) in [5.41, 5.74) is 4.08. The fraction of sp³-hybridized carbons (Fsp3) is 0.522. The quantitative estimate of drug-likeness (QED) is 0.700. The van der Waals surface area contributed by atoms with Crippen LogP contribution in [0.2, 0.25) is 0 Å². The van der Waals surface area contributed by atoms with Gasteiger partial charge in [-0.1, -0.05) is 13.8 Å². The third-order valence-electron chi connectivity index (χ3n) is 5.21. The first-order chi connectivity index (χ1) is 13.5. The molecule has 0 aliphatic carbocycles. The van der Waals surface area contributed by atoms with E-state index in [1.165, 1.54) is 16.9 Å². The van der Waals surface area contributed by atoms with Gasteiger partial charge in [0.2, 0.25) is 0 Å². The molecule has 28 heavy (non-hydrogen) atoms. The first-order valence-electron chi connectivity index (χ1n) is 10.3. The Morgan fingerprint density at radius 1 is 1.11 bits per heavy atom. The van der Waals surface area contributed by atoms with E-state index in [4.69, 9.17) is 4.74 Å². The fourth-order valence-electron chi connectivity index (χ4n) is 3.95. The minimum atomic E-state index is 0.255. The van der Waals surface area contributed by atoms with Crippen LogP contribution in [0.3, 0.4) is 0 Å². The predicted molar refractivity (Wildman–Crippen MR) is 117 cm³/mol. The minimum absolute atomic E-state index is 0.255. The molecule has 0 unspecified atom stereocenters. The van der Waals surface area contributed by atoms with Crippen molar-refractivity contribution in [1.29, 1.82) is 0 Å². The molecule has 2 aromatic rings. The third-order valence-corrected chi connectivity index (χ3v) is 5.21. The number of ether oxygens (including phenoxy) is 1. The number of rotatable bonds is 8. The number of aromatic nitrogens is 1. The van der Waals surface area contributed by atoms with E-state index in [-0.39, 0.29) is 5.41 Å². The van der Waals surface area contributed by atoms with Gasteiger partial charge in [-0.05, 0) is 55.1 Å². The van der Waals surface area contributed by atoms with Gasteiger partial charge in [-0.3, -0.25) is 4.98 Å².